The first kappa shape index (κ1) is 15.1. The number of nitrogens with zero attached hydrogens (tertiary/aromatic N) is 4. The van der Waals surface area contributed by atoms with Gasteiger partial charge in [0, 0.05) is 17.8 Å². The fraction of sp³-hybridized carbons (Fsp3) is 0.111. The average molecular weight is 333 g/mol. The Kier molecular flexibility index (Phi) is 3.35. The topological polar surface area (TPSA) is 85.4 Å². The molecule has 0 amide bonds. The fourth-order valence-corrected chi connectivity index (χ4v) is 2.97. The molecule has 0 atom stereocenters. The number of nitro groups is 1. The number of fused-ring (bicyclic) bond motifs is 3. The second-order valence-corrected chi connectivity index (χ2v) is 5.93. The molecule has 2 aromatic heterocycles. The van der Waals surface area contributed by atoms with Gasteiger partial charge in [-0.05, 0) is 31.0 Å². The van der Waals surface area contributed by atoms with Gasteiger partial charge in [-0.15, -0.1) is 0 Å². The highest BCUT2D eigenvalue weighted by atomic mass is 16.6. The van der Waals surface area contributed by atoms with Crippen LogP contribution in [0.2, 0.25) is 0 Å². The Morgan fingerprint density at radius 1 is 1.12 bits per heavy atom. The van der Waals surface area contributed by atoms with E-state index in [1.54, 1.807) is 18.6 Å². The Hall–Kier alpha value is -3.48. The summed E-state index contributed by atoms with van der Waals surface area (Å²) in [5.41, 5.74) is 5.32. The normalized spacial score (nSPS) is 11.1. The predicted molar refractivity (Wildman–Crippen MR) is 96.3 cm³/mol. The van der Waals surface area contributed by atoms with Gasteiger partial charge in [0.15, 0.2) is 5.82 Å². The summed E-state index contributed by atoms with van der Waals surface area (Å²) in [6, 6.07) is 10.7. The molecule has 7 heteroatoms. The molecule has 4 aromatic rings. The summed E-state index contributed by atoms with van der Waals surface area (Å²) < 4.78 is 1.81. The number of aryl methyl sites for hydroxylation is 2. The van der Waals surface area contributed by atoms with Crippen LogP contribution in [-0.4, -0.2) is 19.3 Å². The number of hydrogen-bond acceptors (Lipinski definition) is 5. The first-order chi connectivity index (χ1) is 12.0. The summed E-state index contributed by atoms with van der Waals surface area (Å²) in [6.45, 7) is 4.07. The smallest absolute Gasteiger partial charge is 0.271 e. The lowest BCUT2D eigenvalue weighted by Gasteiger charge is -2.14. The number of nitrogens with one attached hydrogen (secondary N) is 1. The maximum absolute atomic E-state index is 11.0. The third kappa shape index (κ3) is 2.46. The first-order valence-corrected chi connectivity index (χ1v) is 7.78. The summed E-state index contributed by atoms with van der Waals surface area (Å²) in [5, 5.41) is 14.4. The van der Waals surface area contributed by atoms with Crippen molar-refractivity contribution in [2.75, 3.05) is 5.32 Å². The number of imidazole rings is 1. The van der Waals surface area contributed by atoms with Gasteiger partial charge in [-0.1, -0.05) is 18.2 Å². The molecule has 0 saturated heterocycles. The summed E-state index contributed by atoms with van der Waals surface area (Å²) in [5.74, 6) is 0.663. The molecule has 0 aliphatic rings. The van der Waals surface area contributed by atoms with Crippen molar-refractivity contribution in [1.82, 2.24) is 14.4 Å². The molecule has 0 fully saturated rings. The van der Waals surface area contributed by atoms with Gasteiger partial charge >= 0.3 is 0 Å². The van der Waals surface area contributed by atoms with Crippen molar-refractivity contribution in [1.29, 1.82) is 0 Å². The highest BCUT2D eigenvalue weighted by molar-refractivity contribution is 5.87. The monoisotopic (exact) mass is 333 g/mol. The largest absolute Gasteiger partial charge is 0.338 e. The number of aromatic nitrogens is 3. The van der Waals surface area contributed by atoms with E-state index >= 15 is 0 Å². The molecule has 0 radical (unpaired) electrons. The Balaban J connectivity index is 1.94. The predicted octanol–water partition coefficient (Wildman–Crippen LogP) is 4.15. The van der Waals surface area contributed by atoms with Crippen LogP contribution in [0.4, 0.5) is 17.2 Å². The van der Waals surface area contributed by atoms with Crippen molar-refractivity contribution >= 4 is 33.7 Å². The molecular weight excluding hydrogens is 318 g/mol. The van der Waals surface area contributed by atoms with Gasteiger partial charge < -0.3 is 5.32 Å². The van der Waals surface area contributed by atoms with E-state index < -0.39 is 4.92 Å². The molecule has 2 aromatic carbocycles. The highest BCUT2D eigenvalue weighted by Gasteiger charge is 2.14. The average Bonchev–Trinajstić information content (AvgIpc) is 3.08. The van der Waals surface area contributed by atoms with Crippen molar-refractivity contribution < 1.29 is 4.92 Å². The van der Waals surface area contributed by atoms with Gasteiger partial charge in [-0.25, -0.2) is 9.97 Å². The lowest BCUT2D eigenvalue weighted by molar-refractivity contribution is -0.384. The lowest BCUT2D eigenvalue weighted by Crippen LogP contribution is -2.02. The SMILES string of the molecule is Cc1cccc(C)c1Nc1nc2ccc([N+](=O)[O-])cc2n2cncc12. The number of para-hydroxylation sites is 1. The van der Waals surface area contributed by atoms with E-state index in [1.807, 2.05) is 36.4 Å². The van der Waals surface area contributed by atoms with Crippen LogP contribution in [0.15, 0.2) is 48.9 Å². The van der Waals surface area contributed by atoms with E-state index in [2.05, 4.69) is 15.3 Å². The van der Waals surface area contributed by atoms with E-state index in [0.29, 0.717) is 16.9 Å². The fourth-order valence-electron chi connectivity index (χ4n) is 2.97. The van der Waals surface area contributed by atoms with Crippen molar-refractivity contribution in [2.24, 2.45) is 0 Å². The third-order valence-electron chi connectivity index (χ3n) is 4.27. The summed E-state index contributed by atoms with van der Waals surface area (Å²) in [7, 11) is 0. The minimum absolute atomic E-state index is 0.0276. The second kappa shape index (κ2) is 5.55. The highest BCUT2D eigenvalue weighted by Crippen LogP contribution is 2.29. The van der Waals surface area contributed by atoms with Crippen LogP contribution < -0.4 is 5.32 Å². The summed E-state index contributed by atoms with van der Waals surface area (Å²) >= 11 is 0. The molecule has 124 valence electrons. The third-order valence-corrected chi connectivity index (χ3v) is 4.27. The van der Waals surface area contributed by atoms with Crippen LogP contribution in [-0.2, 0) is 0 Å². The number of benzene rings is 2. The van der Waals surface area contributed by atoms with Crippen LogP contribution in [0.1, 0.15) is 11.1 Å². The Labute approximate surface area is 143 Å². The van der Waals surface area contributed by atoms with Gasteiger partial charge in [0.25, 0.3) is 5.69 Å². The van der Waals surface area contributed by atoms with Crippen molar-refractivity contribution in [2.45, 2.75) is 13.8 Å². The van der Waals surface area contributed by atoms with Gasteiger partial charge in [0.05, 0.1) is 28.5 Å². The molecule has 1 N–H and O–H groups in total. The Morgan fingerprint density at radius 3 is 2.60 bits per heavy atom. The molecule has 0 bridgehead atoms. The maximum atomic E-state index is 11.0. The molecule has 4 rings (SSSR count). The minimum Gasteiger partial charge on any atom is -0.338 e. The molecule has 7 nitrogen and oxygen atoms in total. The first-order valence-electron chi connectivity index (χ1n) is 7.78. The molecule has 0 unspecified atom stereocenters. The molecule has 0 spiro atoms. The lowest BCUT2D eigenvalue weighted by atomic mass is 10.1. The molecule has 0 aliphatic carbocycles. The summed E-state index contributed by atoms with van der Waals surface area (Å²) in [4.78, 5) is 19.5. The zero-order chi connectivity index (χ0) is 17.6. The van der Waals surface area contributed by atoms with Crippen LogP contribution >= 0.6 is 0 Å². The molecule has 2 heterocycles. The molecule has 25 heavy (non-hydrogen) atoms. The van der Waals surface area contributed by atoms with Crippen molar-refractivity contribution in [3.05, 3.63) is 70.2 Å². The van der Waals surface area contributed by atoms with E-state index in [9.17, 15) is 10.1 Å². The van der Waals surface area contributed by atoms with Crippen LogP contribution in [0.5, 0.6) is 0 Å². The van der Waals surface area contributed by atoms with Crippen molar-refractivity contribution in [3.63, 3.8) is 0 Å². The van der Waals surface area contributed by atoms with Gasteiger partial charge in [-0.2, -0.15) is 0 Å². The molecular formula is C18H15N5O2. The number of hydrogen-bond donors (Lipinski definition) is 1. The van der Waals surface area contributed by atoms with Crippen molar-refractivity contribution in [3.8, 4) is 0 Å². The Morgan fingerprint density at radius 2 is 1.88 bits per heavy atom. The van der Waals surface area contributed by atoms with Gasteiger partial charge in [0.2, 0.25) is 0 Å². The second-order valence-electron chi connectivity index (χ2n) is 5.93. The zero-order valence-electron chi connectivity index (χ0n) is 13.7. The Bertz CT molecular complexity index is 1110. The van der Waals surface area contributed by atoms with E-state index in [1.165, 1.54) is 12.1 Å². The minimum atomic E-state index is -0.412. The van der Waals surface area contributed by atoms with Gasteiger partial charge in [-0.3, -0.25) is 14.5 Å². The van der Waals surface area contributed by atoms with E-state index in [4.69, 9.17) is 0 Å². The van der Waals surface area contributed by atoms with Gasteiger partial charge in [0.1, 0.15) is 5.52 Å². The number of anilines is 2. The quantitative estimate of drug-likeness (QED) is 0.449. The molecule has 0 saturated carbocycles. The van der Waals surface area contributed by atoms with E-state index in [0.717, 1.165) is 22.3 Å². The van der Waals surface area contributed by atoms with Crippen LogP contribution in [0.25, 0.3) is 16.6 Å². The molecule has 0 aliphatic heterocycles. The zero-order valence-corrected chi connectivity index (χ0v) is 13.7. The number of non-ortho nitro benzene ring substituents is 1. The number of nitro benzene ring substituents is 1. The standard InChI is InChI=1S/C18H15N5O2/c1-11-4-3-5-12(2)17(11)21-18-16-9-19-10-22(16)15-8-13(23(24)25)6-7-14(15)20-18/h3-10H,1-2H3,(H,20,21). The van der Waals surface area contributed by atoms with Crippen LogP contribution in [0.3, 0.4) is 0 Å². The summed E-state index contributed by atoms with van der Waals surface area (Å²) in [6.07, 6.45) is 3.33. The number of rotatable bonds is 3. The maximum Gasteiger partial charge on any atom is 0.271 e. The van der Waals surface area contributed by atoms with E-state index in [-0.39, 0.29) is 5.69 Å². The van der Waals surface area contributed by atoms with Crippen LogP contribution in [0, 0.1) is 24.0 Å².